The first-order valence-corrected chi connectivity index (χ1v) is 10.8. The van der Waals surface area contributed by atoms with E-state index in [0.717, 1.165) is 11.3 Å². The van der Waals surface area contributed by atoms with Crippen LogP contribution < -0.4 is 19.5 Å². The van der Waals surface area contributed by atoms with Gasteiger partial charge in [-0.3, -0.25) is 4.79 Å². The Labute approximate surface area is 185 Å². The van der Waals surface area contributed by atoms with E-state index in [9.17, 15) is 4.79 Å². The van der Waals surface area contributed by atoms with Crippen molar-refractivity contribution in [1.82, 2.24) is 14.8 Å². The van der Waals surface area contributed by atoms with Gasteiger partial charge in [0.25, 0.3) is 0 Å². The van der Waals surface area contributed by atoms with Crippen molar-refractivity contribution < 1.29 is 19.0 Å². The molecule has 0 aliphatic heterocycles. The zero-order chi connectivity index (χ0) is 22.2. The number of methoxy groups -OCH3 is 2. The first-order chi connectivity index (χ1) is 15.0. The smallest absolute Gasteiger partial charge is 0.234 e. The van der Waals surface area contributed by atoms with Crippen LogP contribution in [0.4, 0.5) is 5.69 Å². The number of carbonyl (C=O) groups is 1. The predicted octanol–water partition coefficient (Wildman–Crippen LogP) is 3.93. The molecule has 0 unspecified atom stereocenters. The van der Waals surface area contributed by atoms with Crippen LogP contribution in [0.2, 0.25) is 0 Å². The van der Waals surface area contributed by atoms with Crippen molar-refractivity contribution >= 4 is 23.4 Å². The van der Waals surface area contributed by atoms with Crippen LogP contribution in [-0.2, 0) is 17.9 Å². The van der Waals surface area contributed by atoms with E-state index in [2.05, 4.69) is 15.5 Å². The molecule has 1 aromatic heterocycles. The van der Waals surface area contributed by atoms with Crippen LogP contribution in [0.1, 0.15) is 18.3 Å². The highest BCUT2D eigenvalue weighted by Crippen LogP contribution is 2.28. The standard InChI is InChI=1S/C22H26N4O4S/c1-5-26-20(13-30-18-11-6-15(2)12-19(18)29-4)24-25-22(26)31-14-21(27)23-16-7-9-17(28-3)10-8-16/h6-12H,5,13-14H2,1-4H3,(H,23,27). The topological polar surface area (TPSA) is 87.5 Å². The number of aryl methyl sites for hydroxylation is 1. The number of benzene rings is 2. The van der Waals surface area contributed by atoms with Crippen LogP contribution in [0.3, 0.4) is 0 Å². The lowest BCUT2D eigenvalue weighted by Crippen LogP contribution is -2.15. The summed E-state index contributed by atoms with van der Waals surface area (Å²) in [5.41, 5.74) is 1.80. The summed E-state index contributed by atoms with van der Waals surface area (Å²) in [6, 6.07) is 12.9. The lowest BCUT2D eigenvalue weighted by atomic mass is 10.2. The third-order valence-electron chi connectivity index (χ3n) is 4.49. The zero-order valence-electron chi connectivity index (χ0n) is 18.0. The maximum Gasteiger partial charge on any atom is 0.234 e. The van der Waals surface area contributed by atoms with Crippen molar-refractivity contribution in [3.05, 3.63) is 53.9 Å². The second-order valence-corrected chi connectivity index (χ2v) is 7.59. The Morgan fingerprint density at radius 1 is 1.06 bits per heavy atom. The Bertz CT molecular complexity index is 1020. The van der Waals surface area contributed by atoms with Gasteiger partial charge in [-0.1, -0.05) is 17.8 Å². The van der Waals surface area contributed by atoms with E-state index in [4.69, 9.17) is 14.2 Å². The average molecular weight is 443 g/mol. The molecule has 9 heteroatoms. The molecule has 0 saturated heterocycles. The molecule has 1 N–H and O–H groups in total. The van der Waals surface area contributed by atoms with Crippen LogP contribution in [0.25, 0.3) is 0 Å². The predicted molar refractivity (Wildman–Crippen MR) is 120 cm³/mol. The van der Waals surface area contributed by atoms with E-state index in [1.165, 1.54) is 11.8 Å². The van der Waals surface area contributed by atoms with Gasteiger partial charge in [0.1, 0.15) is 12.4 Å². The molecular weight excluding hydrogens is 416 g/mol. The van der Waals surface area contributed by atoms with E-state index >= 15 is 0 Å². The summed E-state index contributed by atoms with van der Waals surface area (Å²) in [7, 11) is 3.21. The number of nitrogens with one attached hydrogen (secondary N) is 1. The second-order valence-electron chi connectivity index (χ2n) is 6.65. The minimum atomic E-state index is -0.122. The number of ether oxygens (including phenoxy) is 3. The number of nitrogens with zero attached hydrogens (tertiary/aromatic N) is 3. The highest BCUT2D eigenvalue weighted by atomic mass is 32.2. The second kappa shape index (κ2) is 10.7. The Morgan fingerprint density at radius 3 is 2.52 bits per heavy atom. The molecule has 0 fully saturated rings. The van der Waals surface area contributed by atoms with Gasteiger partial charge < -0.3 is 24.1 Å². The largest absolute Gasteiger partial charge is 0.497 e. The minimum Gasteiger partial charge on any atom is -0.497 e. The molecule has 1 amide bonds. The molecule has 0 aliphatic rings. The normalized spacial score (nSPS) is 10.6. The molecule has 3 aromatic rings. The molecule has 0 aliphatic carbocycles. The minimum absolute atomic E-state index is 0.122. The maximum absolute atomic E-state index is 12.3. The third-order valence-corrected chi connectivity index (χ3v) is 5.46. The zero-order valence-corrected chi connectivity index (χ0v) is 18.9. The number of amides is 1. The quantitative estimate of drug-likeness (QED) is 0.476. The average Bonchev–Trinajstić information content (AvgIpc) is 3.19. The number of aromatic nitrogens is 3. The summed E-state index contributed by atoms with van der Waals surface area (Å²) >= 11 is 1.33. The first-order valence-electron chi connectivity index (χ1n) is 9.80. The third kappa shape index (κ3) is 5.91. The molecule has 31 heavy (non-hydrogen) atoms. The fraction of sp³-hybridized carbons (Fsp3) is 0.318. The molecule has 1 heterocycles. The van der Waals surface area contributed by atoms with E-state index in [-0.39, 0.29) is 18.3 Å². The molecule has 0 atom stereocenters. The van der Waals surface area contributed by atoms with Crippen molar-refractivity contribution in [2.24, 2.45) is 0 Å². The van der Waals surface area contributed by atoms with Crippen molar-refractivity contribution in [2.45, 2.75) is 32.2 Å². The molecule has 0 saturated carbocycles. The lowest BCUT2D eigenvalue weighted by molar-refractivity contribution is -0.113. The van der Waals surface area contributed by atoms with E-state index in [0.29, 0.717) is 34.7 Å². The van der Waals surface area contributed by atoms with Gasteiger partial charge >= 0.3 is 0 Å². The molecule has 0 spiro atoms. The lowest BCUT2D eigenvalue weighted by Gasteiger charge is -2.12. The van der Waals surface area contributed by atoms with Crippen LogP contribution in [0.15, 0.2) is 47.6 Å². The number of anilines is 1. The van der Waals surface area contributed by atoms with Gasteiger partial charge in [-0.15, -0.1) is 10.2 Å². The fourth-order valence-corrected chi connectivity index (χ4v) is 3.71. The Hall–Kier alpha value is -3.20. The Kier molecular flexibility index (Phi) is 7.77. The Balaban J connectivity index is 1.58. The number of hydrogen-bond acceptors (Lipinski definition) is 7. The number of hydrogen-bond donors (Lipinski definition) is 1. The number of carbonyl (C=O) groups excluding carboxylic acids is 1. The van der Waals surface area contributed by atoms with Gasteiger partial charge in [0.05, 0.1) is 20.0 Å². The van der Waals surface area contributed by atoms with Gasteiger partial charge in [0.2, 0.25) is 5.91 Å². The number of rotatable bonds is 10. The van der Waals surface area contributed by atoms with Gasteiger partial charge in [-0.2, -0.15) is 0 Å². The molecule has 8 nitrogen and oxygen atoms in total. The van der Waals surface area contributed by atoms with Crippen LogP contribution in [0, 0.1) is 6.92 Å². The van der Waals surface area contributed by atoms with Gasteiger partial charge in [-0.05, 0) is 55.8 Å². The summed E-state index contributed by atoms with van der Waals surface area (Å²) in [6.07, 6.45) is 0. The summed E-state index contributed by atoms with van der Waals surface area (Å²) < 4.78 is 18.3. The van der Waals surface area contributed by atoms with Crippen molar-refractivity contribution in [3.63, 3.8) is 0 Å². The molecule has 164 valence electrons. The van der Waals surface area contributed by atoms with Gasteiger partial charge in [0, 0.05) is 12.2 Å². The Morgan fingerprint density at radius 2 is 1.84 bits per heavy atom. The van der Waals surface area contributed by atoms with E-state index in [1.54, 1.807) is 38.5 Å². The summed E-state index contributed by atoms with van der Waals surface area (Å²) in [5, 5.41) is 12.0. The molecule has 0 bridgehead atoms. The van der Waals surface area contributed by atoms with E-state index < -0.39 is 0 Å². The van der Waals surface area contributed by atoms with Crippen molar-refractivity contribution in [2.75, 3.05) is 25.3 Å². The highest BCUT2D eigenvalue weighted by Gasteiger charge is 2.15. The number of thioether (sulfide) groups is 1. The molecule has 0 radical (unpaired) electrons. The summed E-state index contributed by atoms with van der Waals surface area (Å²) in [6.45, 7) is 4.91. The van der Waals surface area contributed by atoms with Crippen LogP contribution in [-0.4, -0.2) is 40.6 Å². The first kappa shape index (κ1) is 22.5. The van der Waals surface area contributed by atoms with Gasteiger partial charge in [0.15, 0.2) is 22.5 Å². The molecule has 3 rings (SSSR count). The highest BCUT2D eigenvalue weighted by molar-refractivity contribution is 7.99. The van der Waals surface area contributed by atoms with Gasteiger partial charge in [-0.25, -0.2) is 0 Å². The monoisotopic (exact) mass is 442 g/mol. The molecule has 2 aromatic carbocycles. The SMILES string of the molecule is CCn1c(COc2ccc(C)cc2OC)nnc1SCC(=O)Nc1ccc(OC)cc1. The van der Waals surface area contributed by atoms with Crippen LogP contribution >= 0.6 is 11.8 Å². The van der Waals surface area contributed by atoms with Crippen LogP contribution in [0.5, 0.6) is 17.2 Å². The van der Waals surface area contributed by atoms with Crippen molar-refractivity contribution in [3.8, 4) is 17.2 Å². The van der Waals surface area contributed by atoms with E-state index in [1.807, 2.05) is 36.6 Å². The fourth-order valence-electron chi connectivity index (χ4n) is 2.89. The molecular formula is C22H26N4O4S. The van der Waals surface area contributed by atoms with Crippen molar-refractivity contribution in [1.29, 1.82) is 0 Å². The summed E-state index contributed by atoms with van der Waals surface area (Å²) in [4.78, 5) is 12.3. The maximum atomic E-state index is 12.3. The summed E-state index contributed by atoms with van der Waals surface area (Å²) in [5.74, 6) is 2.84.